The third-order valence-corrected chi connectivity index (χ3v) is 3.80. The van der Waals surface area contributed by atoms with Gasteiger partial charge in [0.1, 0.15) is 5.82 Å². The van der Waals surface area contributed by atoms with E-state index in [1.54, 1.807) is 0 Å². The number of rotatable bonds is 4. The molecule has 1 saturated heterocycles. The maximum Gasteiger partial charge on any atom is 0.147 e. The molecule has 1 aliphatic rings. The standard InChI is InChI=1S/C14H25N5/c1-11-9-15-13(3)14(17-11)16-10-12(2)19-7-5-18(4)6-8-19/h9,12H,5-8,10H2,1-4H3,(H,16,17). The van der Waals surface area contributed by atoms with Gasteiger partial charge in [0.15, 0.2) is 0 Å². The number of hydrogen-bond acceptors (Lipinski definition) is 5. The number of aromatic nitrogens is 2. The van der Waals surface area contributed by atoms with Crippen LogP contribution in [0, 0.1) is 13.8 Å². The Labute approximate surface area is 116 Å². The highest BCUT2D eigenvalue weighted by Gasteiger charge is 2.19. The number of aryl methyl sites for hydroxylation is 2. The van der Waals surface area contributed by atoms with E-state index in [9.17, 15) is 0 Å². The van der Waals surface area contributed by atoms with Gasteiger partial charge in [-0.1, -0.05) is 0 Å². The lowest BCUT2D eigenvalue weighted by molar-refractivity contribution is 0.123. The highest BCUT2D eigenvalue weighted by molar-refractivity contribution is 5.39. The van der Waals surface area contributed by atoms with Crippen molar-refractivity contribution in [2.45, 2.75) is 26.8 Å². The number of anilines is 1. The van der Waals surface area contributed by atoms with E-state index in [0.717, 1.165) is 49.9 Å². The average molecular weight is 263 g/mol. The van der Waals surface area contributed by atoms with Gasteiger partial charge in [-0.3, -0.25) is 9.88 Å². The molecule has 0 radical (unpaired) electrons. The predicted octanol–water partition coefficient (Wildman–Crippen LogP) is 1.14. The van der Waals surface area contributed by atoms with Crippen molar-refractivity contribution in [1.82, 2.24) is 19.8 Å². The van der Waals surface area contributed by atoms with Crippen LogP contribution in [0.2, 0.25) is 0 Å². The fraction of sp³-hybridized carbons (Fsp3) is 0.714. The SMILES string of the molecule is Cc1cnc(C)c(NCC(C)N2CCN(C)CC2)n1. The summed E-state index contributed by atoms with van der Waals surface area (Å²) in [6, 6.07) is 0.524. The molecular formula is C14H25N5. The summed E-state index contributed by atoms with van der Waals surface area (Å²) >= 11 is 0. The van der Waals surface area contributed by atoms with E-state index in [1.807, 2.05) is 20.0 Å². The Morgan fingerprint density at radius 1 is 1.26 bits per heavy atom. The Kier molecular flexibility index (Phi) is 4.71. The van der Waals surface area contributed by atoms with Gasteiger partial charge in [0.05, 0.1) is 11.4 Å². The highest BCUT2D eigenvalue weighted by Crippen LogP contribution is 2.10. The minimum atomic E-state index is 0.524. The molecule has 5 nitrogen and oxygen atoms in total. The Bertz CT molecular complexity index is 412. The van der Waals surface area contributed by atoms with Crippen LogP contribution in [0.15, 0.2) is 6.20 Å². The molecule has 5 heteroatoms. The summed E-state index contributed by atoms with van der Waals surface area (Å²) in [5, 5.41) is 3.43. The van der Waals surface area contributed by atoms with Crippen LogP contribution in [-0.2, 0) is 0 Å². The minimum absolute atomic E-state index is 0.524. The molecule has 1 N–H and O–H groups in total. The van der Waals surface area contributed by atoms with E-state index < -0.39 is 0 Å². The van der Waals surface area contributed by atoms with Crippen molar-refractivity contribution in [3.63, 3.8) is 0 Å². The van der Waals surface area contributed by atoms with Crippen molar-refractivity contribution in [2.75, 3.05) is 45.1 Å². The van der Waals surface area contributed by atoms with Crippen LogP contribution in [-0.4, -0.2) is 65.6 Å². The zero-order valence-corrected chi connectivity index (χ0v) is 12.5. The normalized spacial score (nSPS) is 19.4. The van der Waals surface area contributed by atoms with E-state index >= 15 is 0 Å². The van der Waals surface area contributed by atoms with Crippen molar-refractivity contribution < 1.29 is 0 Å². The van der Waals surface area contributed by atoms with Crippen molar-refractivity contribution in [3.8, 4) is 0 Å². The third-order valence-electron chi connectivity index (χ3n) is 3.80. The van der Waals surface area contributed by atoms with Crippen molar-refractivity contribution in [3.05, 3.63) is 17.6 Å². The minimum Gasteiger partial charge on any atom is -0.367 e. The maximum atomic E-state index is 4.50. The number of nitrogens with one attached hydrogen (secondary N) is 1. The van der Waals surface area contributed by atoms with Gasteiger partial charge < -0.3 is 10.2 Å². The molecule has 0 aromatic carbocycles. The topological polar surface area (TPSA) is 44.3 Å². The molecule has 106 valence electrons. The smallest absolute Gasteiger partial charge is 0.147 e. The number of hydrogen-bond donors (Lipinski definition) is 1. The molecule has 2 heterocycles. The summed E-state index contributed by atoms with van der Waals surface area (Å²) in [6.45, 7) is 11.8. The van der Waals surface area contributed by atoms with Crippen LogP contribution < -0.4 is 5.32 Å². The van der Waals surface area contributed by atoms with Crippen molar-refractivity contribution >= 4 is 5.82 Å². The lowest BCUT2D eigenvalue weighted by atomic mass is 10.2. The predicted molar refractivity (Wildman–Crippen MR) is 78.5 cm³/mol. The molecule has 1 aromatic rings. The summed E-state index contributed by atoms with van der Waals surface area (Å²) in [5.41, 5.74) is 1.93. The summed E-state index contributed by atoms with van der Waals surface area (Å²) in [5.74, 6) is 0.918. The van der Waals surface area contributed by atoms with Crippen LogP contribution >= 0.6 is 0 Å². The largest absolute Gasteiger partial charge is 0.367 e. The molecule has 1 aromatic heterocycles. The Morgan fingerprint density at radius 2 is 1.95 bits per heavy atom. The maximum absolute atomic E-state index is 4.50. The molecule has 0 bridgehead atoms. The highest BCUT2D eigenvalue weighted by atomic mass is 15.3. The van der Waals surface area contributed by atoms with Crippen LogP contribution in [0.5, 0.6) is 0 Å². The molecule has 0 spiro atoms. The van der Waals surface area contributed by atoms with Crippen LogP contribution in [0.1, 0.15) is 18.3 Å². The third kappa shape index (κ3) is 3.88. The number of nitrogens with zero attached hydrogens (tertiary/aromatic N) is 4. The van der Waals surface area contributed by atoms with Gasteiger partial charge >= 0.3 is 0 Å². The van der Waals surface area contributed by atoms with Crippen molar-refractivity contribution in [1.29, 1.82) is 0 Å². The average Bonchev–Trinajstić information content (AvgIpc) is 2.40. The summed E-state index contributed by atoms with van der Waals surface area (Å²) in [4.78, 5) is 13.8. The van der Waals surface area contributed by atoms with Gasteiger partial charge in [-0.15, -0.1) is 0 Å². The second-order valence-corrected chi connectivity index (χ2v) is 5.51. The van der Waals surface area contributed by atoms with E-state index in [2.05, 4.69) is 39.1 Å². The first-order chi connectivity index (χ1) is 9.06. The molecule has 1 atom stereocenters. The second kappa shape index (κ2) is 6.30. The van der Waals surface area contributed by atoms with Crippen LogP contribution in [0.4, 0.5) is 5.82 Å². The van der Waals surface area contributed by atoms with E-state index in [1.165, 1.54) is 0 Å². The van der Waals surface area contributed by atoms with Gasteiger partial charge in [-0.05, 0) is 27.8 Å². The molecule has 19 heavy (non-hydrogen) atoms. The van der Waals surface area contributed by atoms with E-state index in [4.69, 9.17) is 0 Å². The molecule has 0 amide bonds. The van der Waals surface area contributed by atoms with Gasteiger partial charge in [0.2, 0.25) is 0 Å². The summed E-state index contributed by atoms with van der Waals surface area (Å²) in [7, 11) is 2.19. The number of likely N-dealkylation sites (N-methyl/N-ethyl adjacent to an activating group) is 1. The first-order valence-corrected chi connectivity index (χ1v) is 7.03. The molecule has 1 aliphatic heterocycles. The monoisotopic (exact) mass is 263 g/mol. The zero-order valence-electron chi connectivity index (χ0n) is 12.5. The zero-order chi connectivity index (χ0) is 13.8. The quantitative estimate of drug-likeness (QED) is 0.882. The lowest BCUT2D eigenvalue weighted by Crippen LogP contribution is -2.50. The Morgan fingerprint density at radius 3 is 2.63 bits per heavy atom. The molecule has 1 unspecified atom stereocenters. The van der Waals surface area contributed by atoms with Crippen molar-refractivity contribution in [2.24, 2.45) is 0 Å². The van der Waals surface area contributed by atoms with Gasteiger partial charge in [-0.2, -0.15) is 0 Å². The van der Waals surface area contributed by atoms with E-state index in [0.29, 0.717) is 6.04 Å². The first-order valence-electron chi connectivity index (χ1n) is 7.03. The molecular weight excluding hydrogens is 238 g/mol. The molecule has 2 rings (SSSR count). The van der Waals surface area contributed by atoms with E-state index in [-0.39, 0.29) is 0 Å². The number of piperazine rings is 1. The first kappa shape index (κ1) is 14.2. The summed E-state index contributed by atoms with van der Waals surface area (Å²) < 4.78 is 0. The Balaban J connectivity index is 1.86. The Hall–Kier alpha value is -1.20. The van der Waals surface area contributed by atoms with Gasteiger partial charge in [0.25, 0.3) is 0 Å². The molecule has 0 aliphatic carbocycles. The summed E-state index contributed by atoms with van der Waals surface area (Å²) in [6.07, 6.45) is 1.81. The molecule has 0 saturated carbocycles. The van der Waals surface area contributed by atoms with Crippen LogP contribution in [0.25, 0.3) is 0 Å². The fourth-order valence-corrected chi connectivity index (χ4v) is 2.34. The fourth-order valence-electron chi connectivity index (χ4n) is 2.34. The van der Waals surface area contributed by atoms with Gasteiger partial charge in [0, 0.05) is 45.0 Å². The second-order valence-electron chi connectivity index (χ2n) is 5.51. The van der Waals surface area contributed by atoms with Crippen LogP contribution in [0.3, 0.4) is 0 Å². The molecule has 1 fully saturated rings. The van der Waals surface area contributed by atoms with Gasteiger partial charge in [-0.25, -0.2) is 4.98 Å². The lowest BCUT2D eigenvalue weighted by Gasteiger charge is -2.36.